The minimum absolute atomic E-state index is 0.308. The molecule has 0 unspecified atom stereocenters. The lowest BCUT2D eigenvalue weighted by atomic mass is 10.1. The summed E-state index contributed by atoms with van der Waals surface area (Å²) in [6.45, 7) is 3.82. The number of rotatable bonds is 4. The fraction of sp³-hybridized carbons (Fsp3) is 0.556. The van der Waals surface area contributed by atoms with Crippen LogP contribution in [0.25, 0.3) is 10.9 Å². The van der Waals surface area contributed by atoms with Gasteiger partial charge in [-0.25, -0.2) is 4.98 Å². The molecular weight excluding hydrogens is 288 g/mol. The van der Waals surface area contributed by atoms with E-state index >= 15 is 0 Å². The van der Waals surface area contributed by atoms with Gasteiger partial charge in [-0.1, -0.05) is 12.1 Å². The molecule has 122 valence electrons. The average Bonchev–Trinajstić information content (AvgIpc) is 3.14. The Morgan fingerprint density at radius 2 is 1.96 bits per heavy atom. The molecule has 2 fully saturated rings. The van der Waals surface area contributed by atoms with Crippen LogP contribution in [-0.2, 0) is 4.74 Å². The molecule has 0 amide bonds. The molecule has 2 aliphatic heterocycles. The molecule has 2 saturated heterocycles. The van der Waals surface area contributed by atoms with E-state index in [0.29, 0.717) is 6.10 Å². The lowest BCUT2D eigenvalue weighted by molar-refractivity contribution is 0.120. The van der Waals surface area contributed by atoms with Gasteiger partial charge in [-0.3, -0.25) is 0 Å². The van der Waals surface area contributed by atoms with E-state index in [2.05, 4.69) is 22.3 Å². The number of aromatic nitrogens is 2. The Hall–Kier alpha value is -1.88. The fourth-order valence-electron chi connectivity index (χ4n) is 3.45. The Labute approximate surface area is 137 Å². The van der Waals surface area contributed by atoms with E-state index in [1.165, 1.54) is 19.3 Å². The topological polar surface area (TPSA) is 50.3 Å². The van der Waals surface area contributed by atoms with Gasteiger partial charge in [-0.15, -0.1) is 0 Å². The largest absolute Gasteiger partial charge is 0.376 e. The minimum Gasteiger partial charge on any atom is -0.376 e. The second-order valence-electron chi connectivity index (χ2n) is 6.45. The van der Waals surface area contributed by atoms with Crippen LogP contribution < -0.4 is 10.2 Å². The van der Waals surface area contributed by atoms with Crippen molar-refractivity contribution >= 4 is 22.7 Å². The van der Waals surface area contributed by atoms with Crippen molar-refractivity contribution in [2.75, 3.05) is 36.5 Å². The zero-order valence-electron chi connectivity index (χ0n) is 13.5. The molecule has 1 aromatic carbocycles. The molecule has 0 spiro atoms. The Kier molecular flexibility index (Phi) is 4.28. The maximum absolute atomic E-state index is 5.72. The first-order valence-corrected chi connectivity index (χ1v) is 8.77. The summed E-state index contributed by atoms with van der Waals surface area (Å²) in [4.78, 5) is 11.9. The Morgan fingerprint density at radius 1 is 1.09 bits per heavy atom. The first-order chi connectivity index (χ1) is 11.4. The highest BCUT2D eigenvalue weighted by atomic mass is 16.5. The van der Waals surface area contributed by atoms with Crippen molar-refractivity contribution in [1.29, 1.82) is 0 Å². The van der Waals surface area contributed by atoms with Gasteiger partial charge in [0.15, 0.2) is 0 Å². The van der Waals surface area contributed by atoms with Gasteiger partial charge in [-0.2, -0.15) is 4.98 Å². The highest BCUT2D eigenvalue weighted by molar-refractivity contribution is 5.90. The summed E-state index contributed by atoms with van der Waals surface area (Å²) in [6, 6.07) is 8.25. The van der Waals surface area contributed by atoms with Crippen LogP contribution in [0.2, 0.25) is 0 Å². The maximum Gasteiger partial charge on any atom is 0.227 e. The van der Waals surface area contributed by atoms with Crippen molar-refractivity contribution in [3.63, 3.8) is 0 Å². The van der Waals surface area contributed by atoms with E-state index in [1.807, 2.05) is 12.1 Å². The van der Waals surface area contributed by atoms with Crippen LogP contribution in [0.3, 0.4) is 0 Å². The highest BCUT2D eigenvalue weighted by Crippen LogP contribution is 2.25. The number of anilines is 2. The van der Waals surface area contributed by atoms with E-state index in [1.54, 1.807) is 0 Å². The Balaban J connectivity index is 1.62. The molecule has 2 aromatic rings. The third-order valence-electron chi connectivity index (χ3n) is 4.75. The molecule has 23 heavy (non-hydrogen) atoms. The van der Waals surface area contributed by atoms with E-state index in [0.717, 1.165) is 61.8 Å². The zero-order chi connectivity index (χ0) is 15.5. The third kappa shape index (κ3) is 3.24. The van der Waals surface area contributed by atoms with Crippen LogP contribution in [0, 0.1) is 0 Å². The molecule has 1 N–H and O–H groups in total. The van der Waals surface area contributed by atoms with Crippen molar-refractivity contribution in [2.24, 2.45) is 0 Å². The molecular formula is C18H24N4O. The zero-order valence-corrected chi connectivity index (χ0v) is 13.5. The molecule has 5 heteroatoms. The van der Waals surface area contributed by atoms with Crippen molar-refractivity contribution < 1.29 is 4.74 Å². The number of ether oxygens (including phenoxy) is 1. The van der Waals surface area contributed by atoms with Gasteiger partial charge in [0.2, 0.25) is 5.95 Å². The Morgan fingerprint density at radius 3 is 2.78 bits per heavy atom. The molecule has 1 aromatic heterocycles. The summed E-state index contributed by atoms with van der Waals surface area (Å²) >= 11 is 0. The molecule has 1 atom stereocenters. The summed E-state index contributed by atoms with van der Waals surface area (Å²) in [5.41, 5.74) is 1.01. The van der Waals surface area contributed by atoms with Crippen LogP contribution in [0.5, 0.6) is 0 Å². The van der Waals surface area contributed by atoms with Crippen LogP contribution in [-0.4, -0.2) is 42.3 Å². The first kappa shape index (κ1) is 14.7. The molecule has 0 radical (unpaired) electrons. The van der Waals surface area contributed by atoms with E-state index in [9.17, 15) is 0 Å². The molecule has 3 heterocycles. The summed E-state index contributed by atoms with van der Waals surface area (Å²) in [5, 5.41) is 4.60. The number of hydrogen-bond acceptors (Lipinski definition) is 5. The summed E-state index contributed by atoms with van der Waals surface area (Å²) in [6.07, 6.45) is 6.38. The maximum atomic E-state index is 5.72. The second kappa shape index (κ2) is 6.71. The lowest BCUT2D eigenvalue weighted by Gasteiger charge is -2.27. The normalized spacial score (nSPS) is 21.7. The van der Waals surface area contributed by atoms with Crippen LogP contribution in [0.1, 0.15) is 32.1 Å². The monoisotopic (exact) mass is 312 g/mol. The summed E-state index contributed by atoms with van der Waals surface area (Å²) in [7, 11) is 0. The summed E-state index contributed by atoms with van der Waals surface area (Å²) in [5.74, 6) is 1.80. The molecule has 0 bridgehead atoms. The van der Waals surface area contributed by atoms with Gasteiger partial charge in [0.1, 0.15) is 5.82 Å². The van der Waals surface area contributed by atoms with Crippen molar-refractivity contribution in [3.8, 4) is 0 Å². The Bertz CT molecular complexity index is 663. The molecule has 0 aliphatic carbocycles. The van der Waals surface area contributed by atoms with Gasteiger partial charge in [-0.05, 0) is 44.2 Å². The summed E-state index contributed by atoms with van der Waals surface area (Å²) < 4.78 is 5.72. The predicted octanol–water partition coefficient (Wildman–Crippen LogP) is 3.21. The van der Waals surface area contributed by atoms with Gasteiger partial charge in [0, 0.05) is 31.6 Å². The number of hydrogen-bond donors (Lipinski definition) is 1. The van der Waals surface area contributed by atoms with E-state index in [-0.39, 0.29) is 0 Å². The van der Waals surface area contributed by atoms with Gasteiger partial charge in [0.25, 0.3) is 0 Å². The lowest BCUT2D eigenvalue weighted by Crippen LogP contribution is -2.31. The number of piperidine rings is 1. The van der Waals surface area contributed by atoms with Crippen LogP contribution in [0.15, 0.2) is 24.3 Å². The van der Waals surface area contributed by atoms with Crippen molar-refractivity contribution in [2.45, 2.75) is 38.2 Å². The number of para-hydroxylation sites is 1. The fourth-order valence-corrected chi connectivity index (χ4v) is 3.45. The second-order valence-corrected chi connectivity index (χ2v) is 6.45. The van der Waals surface area contributed by atoms with Crippen LogP contribution >= 0.6 is 0 Å². The standard InChI is InChI=1S/C18H24N4O/c1-4-10-22(11-5-1)18-20-16-9-3-2-8-15(16)17(21-18)19-13-14-7-6-12-23-14/h2-3,8-9,14H,1,4-7,10-13H2,(H,19,20,21)/t14-/m1/s1. The minimum atomic E-state index is 0.308. The predicted molar refractivity (Wildman–Crippen MR) is 93.1 cm³/mol. The third-order valence-corrected chi connectivity index (χ3v) is 4.75. The quantitative estimate of drug-likeness (QED) is 0.939. The van der Waals surface area contributed by atoms with Gasteiger partial charge < -0.3 is 15.0 Å². The highest BCUT2D eigenvalue weighted by Gasteiger charge is 2.18. The average molecular weight is 312 g/mol. The molecule has 5 nitrogen and oxygen atoms in total. The van der Waals surface area contributed by atoms with E-state index in [4.69, 9.17) is 14.7 Å². The first-order valence-electron chi connectivity index (χ1n) is 8.77. The number of fused-ring (bicyclic) bond motifs is 1. The number of benzene rings is 1. The van der Waals surface area contributed by atoms with Gasteiger partial charge in [0.05, 0.1) is 11.6 Å². The van der Waals surface area contributed by atoms with Gasteiger partial charge >= 0.3 is 0 Å². The number of nitrogens with one attached hydrogen (secondary N) is 1. The molecule has 4 rings (SSSR count). The number of nitrogens with zero attached hydrogens (tertiary/aromatic N) is 3. The van der Waals surface area contributed by atoms with Crippen LogP contribution in [0.4, 0.5) is 11.8 Å². The van der Waals surface area contributed by atoms with E-state index < -0.39 is 0 Å². The SMILES string of the molecule is c1ccc2c(NC[C@H]3CCCO3)nc(N3CCCCC3)nc2c1. The van der Waals surface area contributed by atoms with Crippen molar-refractivity contribution in [3.05, 3.63) is 24.3 Å². The smallest absolute Gasteiger partial charge is 0.227 e. The molecule has 0 saturated carbocycles. The molecule has 2 aliphatic rings. The van der Waals surface area contributed by atoms with Crippen molar-refractivity contribution in [1.82, 2.24) is 9.97 Å².